The third kappa shape index (κ3) is 1.72. The molecule has 1 saturated carbocycles. The molecule has 0 saturated heterocycles. The molecule has 1 aromatic heterocycles. The normalized spacial score (nSPS) is 21.8. The van der Waals surface area contributed by atoms with Crippen molar-refractivity contribution in [2.75, 3.05) is 5.73 Å². The largest absolute Gasteiger partial charge is 0.365 e. The monoisotopic (exact) mass is 196 g/mol. The molecular formula is C9H16N4O. The van der Waals surface area contributed by atoms with Gasteiger partial charge in [0.2, 0.25) is 5.89 Å². The summed E-state index contributed by atoms with van der Waals surface area (Å²) in [7, 11) is 0. The van der Waals surface area contributed by atoms with Crippen LogP contribution in [0.25, 0.3) is 0 Å². The van der Waals surface area contributed by atoms with Gasteiger partial charge in [-0.15, -0.1) is 0 Å². The van der Waals surface area contributed by atoms with Crippen molar-refractivity contribution in [2.24, 2.45) is 5.73 Å². The Morgan fingerprint density at radius 1 is 1.14 bits per heavy atom. The highest BCUT2D eigenvalue weighted by Crippen LogP contribution is 2.32. The van der Waals surface area contributed by atoms with Crippen LogP contribution in [0.4, 0.5) is 5.95 Å². The van der Waals surface area contributed by atoms with Crippen molar-refractivity contribution < 1.29 is 4.52 Å². The highest BCUT2D eigenvalue weighted by Gasteiger charge is 2.33. The minimum Gasteiger partial charge on any atom is -0.365 e. The van der Waals surface area contributed by atoms with E-state index in [1.54, 1.807) is 0 Å². The van der Waals surface area contributed by atoms with Gasteiger partial charge >= 0.3 is 0 Å². The Balaban J connectivity index is 2.20. The van der Waals surface area contributed by atoms with Crippen LogP contribution in [0.5, 0.6) is 0 Å². The second-order valence-electron chi connectivity index (χ2n) is 4.03. The van der Waals surface area contributed by atoms with Crippen LogP contribution in [-0.4, -0.2) is 10.1 Å². The SMILES string of the molecule is Nc1noc(C2(N)CCCCCC2)n1. The predicted molar refractivity (Wildman–Crippen MR) is 52.3 cm³/mol. The lowest BCUT2D eigenvalue weighted by molar-refractivity contribution is 0.257. The van der Waals surface area contributed by atoms with Gasteiger partial charge in [-0.3, -0.25) is 0 Å². The fraction of sp³-hybridized carbons (Fsp3) is 0.778. The Hall–Kier alpha value is -1.10. The van der Waals surface area contributed by atoms with Crippen LogP contribution in [-0.2, 0) is 5.54 Å². The first-order valence-electron chi connectivity index (χ1n) is 5.09. The Kier molecular flexibility index (Phi) is 2.41. The summed E-state index contributed by atoms with van der Waals surface area (Å²) in [5, 5.41) is 3.58. The lowest BCUT2D eigenvalue weighted by Crippen LogP contribution is -2.36. The van der Waals surface area contributed by atoms with Crippen LogP contribution in [0.3, 0.4) is 0 Å². The lowest BCUT2D eigenvalue weighted by Gasteiger charge is -2.22. The first-order chi connectivity index (χ1) is 6.71. The van der Waals surface area contributed by atoms with Crippen molar-refractivity contribution in [3.05, 3.63) is 5.89 Å². The number of aromatic nitrogens is 2. The second kappa shape index (κ2) is 3.57. The van der Waals surface area contributed by atoms with Crippen LogP contribution in [0.1, 0.15) is 44.4 Å². The van der Waals surface area contributed by atoms with Crippen LogP contribution in [0.2, 0.25) is 0 Å². The Morgan fingerprint density at radius 3 is 2.29 bits per heavy atom. The van der Waals surface area contributed by atoms with Gasteiger partial charge in [0.1, 0.15) is 0 Å². The summed E-state index contributed by atoms with van der Waals surface area (Å²) < 4.78 is 5.05. The summed E-state index contributed by atoms with van der Waals surface area (Å²) in [4.78, 5) is 4.02. The van der Waals surface area contributed by atoms with Crippen molar-refractivity contribution in [3.8, 4) is 0 Å². The maximum absolute atomic E-state index is 6.24. The number of hydrogen-bond donors (Lipinski definition) is 2. The van der Waals surface area contributed by atoms with E-state index >= 15 is 0 Å². The van der Waals surface area contributed by atoms with E-state index in [2.05, 4.69) is 10.1 Å². The van der Waals surface area contributed by atoms with Crippen LogP contribution >= 0.6 is 0 Å². The van der Waals surface area contributed by atoms with E-state index in [1.165, 1.54) is 12.8 Å². The summed E-state index contributed by atoms with van der Waals surface area (Å²) >= 11 is 0. The number of hydrogen-bond acceptors (Lipinski definition) is 5. The molecule has 0 atom stereocenters. The number of nitrogens with zero attached hydrogens (tertiary/aromatic N) is 2. The molecule has 1 aromatic rings. The first kappa shape index (κ1) is 9.45. The average Bonchev–Trinajstić information content (AvgIpc) is 2.47. The van der Waals surface area contributed by atoms with Crippen molar-refractivity contribution in [2.45, 2.75) is 44.1 Å². The lowest BCUT2D eigenvalue weighted by atomic mass is 9.91. The van der Waals surface area contributed by atoms with Crippen molar-refractivity contribution in [1.82, 2.24) is 10.1 Å². The van der Waals surface area contributed by atoms with E-state index in [-0.39, 0.29) is 5.95 Å². The quantitative estimate of drug-likeness (QED) is 0.658. The second-order valence-corrected chi connectivity index (χ2v) is 4.03. The standard InChI is InChI=1S/C9H16N4O/c10-8-12-7(14-13-8)9(11)5-3-1-2-4-6-9/h1-6,11H2,(H2,10,13). The molecule has 4 N–H and O–H groups in total. The molecule has 0 unspecified atom stereocenters. The van der Waals surface area contributed by atoms with Gasteiger partial charge in [-0.25, -0.2) is 0 Å². The number of nitrogen functional groups attached to an aromatic ring is 1. The molecule has 1 aliphatic carbocycles. The van der Waals surface area contributed by atoms with Crippen LogP contribution < -0.4 is 11.5 Å². The zero-order valence-electron chi connectivity index (χ0n) is 8.20. The average molecular weight is 196 g/mol. The summed E-state index contributed by atoms with van der Waals surface area (Å²) in [5.41, 5.74) is 11.2. The topological polar surface area (TPSA) is 91.0 Å². The highest BCUT2D eigenvalue weighted by atomic mass is 16.5. The predicted octanol–water partition coefficient (Wildman–Crippen LogP) is 1.16. The number of anilines is 1. The smallest absolute Gasteiger partial charge is 0.260 e. The van der Waals surface area contributed by atoms with Crippen molar-refractivity contribution in [1.29, 1.82) is 0 Å². The van der Waals surface area contributed by atoms with E-state index in [9.17, 15) is 0 Å². The molecule has 2 rings (SSSR count). The minimum atomic E-state index is -0.443. The zero-order chi connectivity index (χ0) is 10.0. The summed E-state index contributed by atoms with van der Waals surface area (Å²) in [6.45, 7) is 0. The Bertz CT molecular complexity index is 302. The van der Waals surface area contributed by atoms with Gasteiger partial charge in [0.05, 0.1) is 5.54 Å². The molecule has 0 radical (unpaired) electrons. The maximum atomic E-state index is 6.24. The molecule has 0 aromatic carbocycles. The van der Waals surface area contributed by atoms with Gasteiger partial charge in [-0.1, -0.05) is 25.7 Å². The molecule has 5 heteroatoms. The minimum absolute atomic E-state index is 0.175. The van der Waals surface area contributed by atoms with E-state index in [1.807, 2.05) is 0 Å². The summed E-state index contributed by atoms with van der Waals surface area (Å²) in [6.07, 6.45) is 6.55. The third-order valence-electron chi connectivity index (χ3n) is 2.86. The molecule has 0 aliphatic heterocycles. The highest BCUT2D eigenvalue weighted by molar-refractivity contribution is 5.14. The number of nitrogens with two attached hydrogens (primary N) is 2. The van der Waals surface area contributed by atoms with E-state index in [0.29, 0.717) is 5.89 Å². The number of rotatable bonds is 1. The van der Waals surface area contributed by atoms with Crippen LogP contribution in [0.15, 0.2) is 4.52 Å². The van der Waals surface area contributed by atoms with E-state index < -0.39 is 5.54 Å². The fourth-order valence-corrected chi connectivity index (χ4v) is 2.01. The molecule has 0 spiro atoms. The van der Waals surface area contributed by atoms with Gasteiger partial charge in [0.15, 0.2) is 0 Å². The fourth-order valence-electron chi connectivity index (χ4n) is 2.01. The van der Waals surface area contributed by atoms with Gasteiger partial charge in [-0.05, 0) is 18.0 Å². The van der Waals surface area contributed by atoms with Gasteiger partial charge in [-0.2, -0.15) is 4.98 Å². The Labute approximate surface area is 82.8 Å². The molecule has 0 bridgehead atoms. The third-order valence-corrected chi connectivity index (χ3v) is 2.86. The first-order valence-corrected chi connectivity index (χ1v) is 5.09. The zero-order valence-corrected chi connectivity index (χ0v) is 8.20. The summed E-state index contributed by atoms with van der Waals surface area (Å²) in [6, 6.07) is 0. The molecule has 1 aliphatic rings. The van der Waals surface area contributed by atoms with Gasteiger partial charge in [0.25, 0.3) is 5.95 Å². The molecule has 1 fully saturated rings. The van der Waals surface area contributed by atoms with E-state index in [4.69, 9.17) is 16.0 Å². The van der Waals surface area contributed by atoms with Gasteiger partial charge < -0.3 is 16.0 Å². The molecular weight excluding hydrogens is 180 g/mol. The molecule has 0 amide bonds. The molecule has 1 heterocycles. The van der Waals surface area contributed by atoms with Crippen molar-refractivity contribution >= 4 is 5.95 Å². The van der Waals surface area contributed by atoms with Crippen molar-refractivity contribution in [3.63, 3.8) is 0 Å². The Morgan fingerprint density at radius 2 is 1.79 bits per heavy atom. The molecule has 5 nitrogen and oxygen atoms in total. The molecule has 14 heavy (non-hydrogen) atoms. The molecule has 78 valence electrons. The van der Waals surface area contributed by atoms with Crippen LogP contribution in [0, 0.1) is 0 Å². The summed E-state index contributed by atoms with van der Waals surface area (Å²) in [5.74, 6) is 0.672. The van der Waals surface area contributed by atoms with E-state index in [0.717, 1.165) is 25.7 Å². The maximum Gasteiger partial charge on any atom is 0.260 e. The van der Waals surface area contributed by atoms with Gasteiger partial charge in [0, 0.05) is 0 Å².